The fraction of sp³-hybridized carbons (Fsp3) is 0.765. The fourth-order valence-electron chi connectivity index (χ4n) is 3.23. The normalized spacial score (nSPS) is 17.0. The molecule has 1 aromatic heterocycles. The Morgan fingerprint density at radius 1 is 1.22 bits per heavy atom. The molecular formula is C17H31IN4O. The Hall–Kier alpha value is -0.790. The third kappa shape index (κ3) is 5.36. The lowest BCUT2D eigenvalue weighted by Crippen LogP contribution is -2.42. The van der Waals surface area contributed by atoms with Gasteiger partial charge < -0.3 is 15.2 Å². The van der Waals surface area contributed by atoms with Gasteiger partial charge in [0.05, 0.1) is 5.69 Å². The van der Waals surface area contributed by atoms with E-state index >= 15 is 0 Å². The Balaban J connectivity index is 0.00000264. The summed E-state index contributed by atoms with van der Waals surface area (Å²) in [5.41, 5.74) is 2.64. The molecule has 1 saturated carbocycles. The van der Waals surface area contributed by atoms with Crippen LogP contribution in [-0.2, 0) is 19.4 Å². The number of hydrogen-bond donors (Lipinski definition) is 2. The largest absolute Gasteiger partial charge is 0.361 e. The van der Waals surface area contributed by atoms with Crippen LogP contribution in [0, 0.1) is 5.41 Å². The van der Waals surface area contributed by atoms with Crippen molar-refractivity contribution in [3.05, 3.63) is 17.0 Å². The van der Waals surface area contributed by atoms with E-state index in [2.05, 4.69) is 41.6 Å². The zero-order valence-electron chi connectivity index (χ0n) is 14.9. The van der Waals surface area contributed by atoms with Crippen LogP contribution in [0.4, 0.5) is 0 Å². The summed E-state index contributed by atoms with van der Waals surface area (Å²) in [7, 11) is 1.82. The first kappa shape index (κ1) is 20.3. The highest BCUT2D eigenvalue weighted by atomic mass is 127. The maximum absolute atomic E-state index is 5.41. The quantitative estimate of drug-likeness (QED) is 0.408. The van der Waals surface area contributed by atoms with E-state index in [4.69, 9.17) is 4.52 Å². The van der Waals surface area contributed by atoms with Gasteiger partial charge in [-0.15, -0.1) is 24.0 Å². The lowest BCUT2D eigenvalue weighted by Gasteiger charge is -2.25. The minimum absolute atomic E-state index is 0. The van der Waals surface area contributed by atoms with Gasteiger partial charge in [-0.2, -0.15) is 0 Å². The molecule has 0 atom stereocenters. The van der Waals surface area contributed by atoms with Crippen LogP contribution in [0.3, 0.4) is 0 Å². The summed E-state index contributed by atoms with van der Waals surface area (Å²) >= 11 is 0. The van der Waals surface area contributed by atoms with Crippen LogP contribution < -0.4 is 10.6 Å². The van der Waals surface area contributed by atoms with Gasteiger partial charge in [-0.1, -0.05) is 38.8 Å². The van der Waals surface area contributed by atoms with Crippen molar-refractivity contribution in [2.75, 3.05) is 13.6 Å². The fourth-order valence-corrected chi connectivity index (χ4v) is 3.23. The van der Waals surface area contributed by atoms with Crippen LogP contribution >= 0.6 is 24.0 Å². The van der Waals surface area contributed by atoms with Crippen LogP contribution in [0.5, 0.6) is 0 Å². The number of rotatable bonds is 6. The topological polar surface area (TPSA) is 62.5 Å². The molecule has 0 radical (unpaired) electrons. The molecule has 0 aromatic carbocycles. The minimum Gasteiger partial charge on any atom is -0.361 e. The Labute approximate surface area is 157 Å². The molecule has 2 N–H and O–H groups in total. The Morgan fingerprint density at radius 2 is 1.91 bits per heavy atom. The monoisotopic (exact) mass is 434 g/mol. The van der Waals surface area contributed by atoms with Crippen molar-refractivity contribution in [2.24, 2.45) is 10.4 Å². The number of nitrogens with zero attached hydrogens (tertiary/aromatic N) is 2. The van der Waals surface area contributed by atoms with Crippen molar-refractivity contribution in [3.8, 4) is 0 Å². The highest BCUT2D eigenvalue weighted by Gasteiger charge is 2.28. The molecule has 1 fully saturated rings. The molecule has 0 saturated heterocycles. The Morgan fingerprint density at radius 3 is 2.48 bits per heavy atom. The molecule has 0 spiro atoms. The molecule has 0 aliphatic heterocycles. The number of aryl methyl sites for hydroxylation is 2. The first-order valence-corrected chi connectivity index (χ1v) is 8.52. The molecule has 1 heterocycles. The van der Waals surface area contributed by atoms with Crippen molar-refractivity contribution in [1.82, 2.24) is 15.8 Å². The van der Waals surface area contributed by atoms with Crippen molar-refractivity contribution in [3.63, 3.8) is 0 Å². The van der Waals surface area contributed by atoms with E-state index in [1.54, 1.807) is 0 Å². The van der Waals surface area contributed by atoms with Crippen LogP contribution in [0.1, 0.15) is 63.5 Å². The zero-order chi connectivity index (χ0) is 16.0. The number of aromatic nitrogens is 1. The smallest absolute Gasteiger partial charge is 0.191 e. The molecule has 1 aliphatic rings. The Bertz CT molecular complexity index is 485. The van der Waals surface area contributed by atoms with Crippen LogP contribution in [0.2, 0.25) is 0 Å². The molecule has 1 aliphatic carbocycles. The van der Waals surface area contributed by atoms with E-state index in [1.807, 2.05) is 7.05 Å². The molecular weight excluding hydrogens is 403 g/mol. The predicted octanol–water partition coefficient (Wildman–Crippen LogP) is 3.66. The summed E-state index contributed by atoms with van der Waals surface area (Å²) in [6.07, 6.45) is 7.08. The summed E-state index contributed by atoms with van der Waals surface area (Å²) in [4.78, 5) is 4.33. The highest BCUT2D eigenvalue weighted by Crippen LogP contribution is 2.36. The summed E-state index contributed by atoms with van der Waals surface area (Å²) < 4.78 is 5.41. The Kier molecular flexibility index (Phi) is 8.36. The average Bonchev–Trinajstić information content (AvgIpc) is 3.13. The first-order chi connectivity index (χ1) is 10.6. The molecule has 5 nitrogen and oxygen atoms in total. The van der Waals surface area contributed by atoms with E-state index < -0.39 is 0 Å². The number of guanidine groups is 1. The van der Waals surface area contributed by atoms with Crippen molar-refractivity contribution < 1.29 is 4.52 Å². The van der Waals surface area contributed by atoms with Crippen molar-refractivity contribution in [1.29, 1.82) is 0 Å². The second kappa shape index (κ2) is 9.49. The van der Waals surface area contributed by atoms with Gasteiger partial charge in [0, 0.05) is 32.1 Å². The molecule has 1 aromatic rings. The van der Waals surface area contributed by atoms with Gasteiger partial charge in [-0.05, 0) is 24.7 Å². The summed E-state index contributed by atoms with van der Waals surface area (Å²) in [6.45, 7) is 8.26. The first-order valence-electron chi connectivity index (χ1n) is 8.52. The average molecular weight is 434 g/mol. The standard InChI is InChI=1S/C17H30N4O.HI/c1-5-14-13(15(6-2)22-21-14)11-19-16(18-4)20-12-17(3)9-7-8-10-17;/h5-12H2,1-4H3,(H2,18,19,20);1H. The van der Waals surface area contributed by atoms with Crippen molar-refractivity contribution in [2.45, 2.75) is 65.8 Å². The molecule has 2 rings (SSSR count). The summed E-state index contributed by atoms with van der Waals surface area (Å²) in [5.74, 6) is 1.83. The van der Waals surface area contributed by atoms with Crippen LogP contribution in [-0.4, -0.2) is 24.7 Å². The number of halogens is 1. The van der Waals surface area contributed by atoms with E-state index in [1.165, 1.54) is 31.2 Å². The molecule has 6 heteroatoms. The van der Waals surface area contributed by atoms with Crippen LogP contribution in [0.15, 0.2) is 9.52 Å². The lowest BCUT2D eigenvalue weighted by molar-refractivity contribution is 0.334. The second-order valence-corrected chi connectivity index (χ2v) is 6.54. The maximum Gasteiger partial charge on any atom is 0.191 e. The molecule has 23 heavy (non-hydrogen) atoms. The van der Waals surface area contributed by atoms with Crippen molar-refractivity contribution >= 4 is 29.9 Å². The molecule has 0 unspecified atom stereocenters. The minimum atomic E-state index is 0. The summed E-state index contributed by atoms with van der Waals surface area (Å²) in [6, 6.07) is 0. The zero-order valence-corrected chi connectivity index (χ0v) is 17.2. The number of hydrogen-bond acceptors (Lipinski definition) is 3. The molecule has 0 amide bonds. The van der Waals surface area contributed by atoms with Gasteiger partial charge in [0.2, 0.25) is 0 Å². The number of nitrogens with one attached hydrogen (secondary N) is 2. The molecule has 0 bridgehead atoms. The van der Waals surface area contributed by atoms with Crippen LogP contribution in [0.25, 0.3) is 0 Å². The SMILES string of the molecule is CCc1noc(CC)c1CNC(=NC)NCC1(C)CCCC1.I. The van der Waals surface area contributed by atoms with Gasteiger partial charge in [0.15, 0.2) is 5.96 Å². The van der Waals surface area contributed by atoms with Gasteiger partial charge in [-0.3, -0.25) is 4.99 Å². The summed E-state index contributed by atoms with van der Waals surface area (Å²) in [5, 5.41) is 11.0. The van der Waals surface area contributed by atoms with E-state index in [0.29, 0.717) is 12.0 Å². The predicted molar refractivity (Wildman–Crippen MR) is 105 cm³/mol. The van der Waals surface area contributed by atoms with E-state index in [0.717, 1.165) is 36.8 Å². The van der Waals surface area contributed by atoms with Gasteiger partial charge in [0.25, 0.3) is 0 Å². The van der Waals surface area contributed by atoms with E-state index in [9.17, 15) is 0 Å². The van der Waals surface area contributed by atoms with Gasteiger partial charge >= 0.3 is 0 Å². The lowest BCUT2D eigenvalue weighted by atomic mass is 9.89. The highest BCUT2D eigenvalue weighted by molar-refractivity contribution is 14.0. The van der Waals surface area contributed by atoms with Gasteiger partial charge in [-0.25, -0.2) is 0 Å². The van der Waals surface area contributed by atoms with E-state index in [-0.39, 0.29) is 24.0 Å². The second-order valence-electron chi connectivity index (χ2n) is 6.54. The third-order valence-corrected chi connectivity index (χ3v) is 4.76. The third-order valence-electron chi connectivity index (χ3n) is 4.76. The maximum atomic E-state index is 5.41. The van der Waals surface area contributed by atoms with Gasteiger partial charge in [0.1, 0.15) is 5.76 Å². The molecule has 132 valence electrons. The number of aliphatic imine (C=N–C) groups is 1.